The minimum Gasteiger partial charge on any atom is -0.496 e. The molecule has 1 amide bonds. The fourth-order valence-corrected chi connectivity index (χ4v) is 4.88. The van der Waals surface area contributed by atoms with Gasteiger partial charge in [0.25, 0.3) is 5.91 Å². The first-order valence-electron chi connectivity index (χ1n) is 11.9. The first kappa shape index (κ1) is 25.9. The highest BCUT2D eigenvalue weighted by Gasteiger charge is 2.34. The van der Waals surface area contributed by atoms with E-state index in [9.17, 15) is 4.79 Å². The average Bonchev–Trinajstić information content (AvgIpc) is 3.26. The van der Waals surface area contributed by atoms with Gasteiger partial charge in [0.05, 0.1) is 24.2 Å². The van der Waals surface area contributed by atoms with Crippen molar-refractivity contribution < 1.29 is 14.3 Å². The number of nitrogens with zero attached hydrogens (tertiary/aromatic N) is 4. The highest BCUT2D eigenvalue weighted by atomic mass is 35.5. The van der Waals surface area contributed by atoms with Gasteiger partial charge in [0.1, 0.15) is 18.1 Å². The second kappa shape index (κ2) is 9.53. The van der Waals surface area contributed by atoms with Crippen molar-refractivity contribution in [2.45, 2.75) is 32.9 Å². The third-order valence-electron chi connectivity index (χ3n) is 6.59. The molecule has 5 rings (SSSR count). The second-order valence-electron chi connectivity index (χ2n) is 10.1. The summed E-state index contributed by atoms with van der Waals surface area (Å²) < 4.78 is 13.5. The highest BCUT2D eigenvalue weighted by molar-refractivity contribution is 6.34. The number of methoxy groups -OCH3 is 1. The minimum atomic E-state index is -0.415. The lowest BCUT2D eigenvalue weighted by atomic mass is 9.96. The van der Waals surface area contributed by atoms with Gasteiger partial charge in [0, 0.05) is 63.3 Å². The Kier molecular flexibility index (Phi) is 6.49. The van der Waals surface area contributed by atoms with E-state index in [4.69, 9.17) is 43.5 Å². The molecule has 0 atom stereocenters. The Bertz CT molecular complexity index is 1560. The van der Waals surface area contributed by atoms with Crippen molar-refractivity contribution in [3.8, 4) is 39.6 Å². The molecule has 0 aliphatic carbocycles. The van der Waals surface area contributed by atoms with Gasteiger partial charge < -0.3 is 20.1 Å². The van der Waals surface area contributed by atoms with Crippen molar-refractivity contribution in [2.24, 2.45) is 0 Å². The summed E-state index contributed by atoms with van der Waals surface area (Å²) >= 11 is 12.7. The maximum Gasteiger partial charge on any atom is 0.274 e. The average molecular weight is 552 g/mol. The molecule has 8 nitrogen and oxygen atoms in total. The zero-order chi connectivity index (χ0) is 27.4. The Labute approximate surface area is 230 Å². The highest BCUT2D eigenvalue weighted by Crippen LogP contribution is 2.46. The number of pyridine rings is 1. The smallest absolute Gasteiger partial charge is 0.274 e. The summed E-state index contributed by atoms with van der Waals surface area (Å²) in [5.41, 5.74) is 10.7. The number of nitrogen functional groups attached to an aromatic ring is 1. The molecule has 1 aliphatic heterocycles. The molecule has 2 aromatic carbocycles. The number of rotatable bonds is 4. The largest absolute Gasteiger partial charge is 0.496 e. The van der Waals surface area contributed by atoms with Gasteiger partial charge in [-0.3, -0.25) is 9.78 Å². The van der Waals surface area contributed by atoms with Crippen LogP contribution in [-0.2, 0) is 6.61 Å². The van der Waals surface area contributed by atoms with Crippen LogP contribution in [0.3, 0.4) is 0 Å². The monoisotopic (exact) mass is 551 g/mol. The van der Waals surface area contributed by atoms with Crippen LogP contribution in [-0.4, -0.2) is 45.3 Å². The quantitative estimate of drug-likeness (QED) is 0.321. The fourth-order valence-electron chi connectivity index (χ4n) is 4.36. The second-order valence-corrected chi connectivity index (χ2v) is 11.0. The van der Waals surface area contributed by atoms with E-state index in [-0.39, 0.29) is 12.5 Å². The van der Waals surface area contributed by atoms with E-state index in [0.29, 0.717) is 49.9 Å². The molecule has 3 heterocycles. The predicted octanol–water partition coefficient (Wildman–Crippen LogP) is 6.26. The van der Waals surface area contributed by atoms with Gasteiger partial charge >= 0.3 is 0 Å². The summed E-state index contributed by atoms with van der Waals surface area (Å²) in [6.45, 7) is 6.05. The molecule has 10 heteroatoms. The lowest BCUT2D eigenvalue weighted by Crippen LogP contribution is -2.43. The van der Waals surface area contributed by atoms with Crippen molar-refractivity contribution in [3.63, 3.8) is 0 Å². The topological polar surface area (TPSA) is 95.5 Å². The van der Waals surface area contributed by atoms with Gasteiger partial charge in [-0.25, -0.2) is 4.68 Å². The minimum absolute atomic E-state index is 0.151. The van der Waals surface area contributed by atoms with E-state index < -0.39 is 5.54 Å². The van der Waals surface area contributed by atoms with Gasteiger partial charge in [-0.2, -0.15) is 5.10 Å². The van der Waals surface area contributed by atoms with Crippen LogP contribution < -0.4 is 15.2 Å². The number of ether oxygens (including phenoxy) is 2. The van der Waals surface area contributed by atoms with Crippen LogP contribution in [0.4, 0.5) is 5.69 Å². The Morgan fingerprint density at radius 1 is 1.08 bits per heavy atom. The van der Waals surface area contributed by atoms with Gasteiger partial charge in [0.2, 0.25) is 0 Å². The van der Waals surface area contributed by atoms with E-state index in [2.05, 4.69) is 4.98 Å². The van der Waals surface area contributed by atoms with Crippen LogP contribution in [0.25, 0.3) is 28.1 Å². The number of hydrogen-bond donors (Lipinski definition) is 1. The molecule has 0 saturated carbocycles. The molecule has 1 aliphatic rings. The number of anilines is 1. The number of carbonyl (C=O) groups is 1. The van der Waals surface area contributed by atoms with Crippen molar-refractivity contribution in [1.29, 1.82) is 0 Å². The zero-order valence-electron chi connectivity index (χ0n) is 21.7. The molecule has 0 radical (unpaired) electrons. The number of halogens is 2. The number of aromatic nitrogens is 3. The van der Waals surface area contributed by atoms with Crippen molar-refractivity contribution in [2.75, 3.05) is 19.9 Å². The molecular weight excluding hydrogens is 525 g/mol. The molecular formula is C28H27Cl2N5O3. The zero-order valence-corrected chi connectivity index (χ0v) is 23.2. The standard InChI is InChI=1S/C28H27Cl2N5O3/c1-28(2,3)34(4)27(36)25-22-14-38-24-11-23(37-5)20(15-6-18(31)13-32-12-15)10-21(24)26(22)35(33-25)19-8-16(29)7-17(30)9-19/h6-13H,14,31H2,1-5H3. The van der Waals surface area contributed by atoms with E-state index >= 15 is 0 Å². The van der Waals surface area contributed by atoms with Crippen LogP contribution in [0, 0.1) is 0 Å². The Hall–Kier alpha value is -3.75. The van der Waals surface area contributed by atoms with Crippen LogP contribution in [0.15, 0.2) is 48.8 Å². The maximum atomic E-state index is 13.7. The number of hydrogen-bond acceptors (Lipinski definition) is 6. The molecule has 2 aromatic heterocycles. The van der Waals surface area contributed by atoms with E-state index in [1.54, 1.807) is 54.3 Å². The maximum absolute atomic E-state index is 13.7. The van der Waals surface area contributed by atoms with Crippen LogP contribution >= 0.6 is 23.2 Å². The molecule has 0 bridgehead atoms. The van der Waals surface area contributed by atoms with Gasteiger partial charge in [-0.05, 0) is 51.1 Å². The van der Waals surface area contributed by atoms with Crippen molar-refractivity contribution >= 4 is 34.8 Å². The normalized spacial score (nSPS) is 12.4. The molecule has 0 fully saturated rings. The van der Waals surface area contributed by atoms with Gasteiger partial charge in [0.15, 0.2) is 5.69 Å². The number of nitrogens with two attached hydrogens (primary N) is 1. The summed E-state index contributed by atoms with van der Waals surface area (Å²) in [6, 6.07) is 10.7. The van der Waals surface area contributed by atoms with Crippen LogP contribution in [0.1, 0.15) is 36.8 Å². The SMILES string of the molecule is COc1cc2c(cc1-c1cncc(N)c1)-c1c(c(C(=O)N(C)C(C)(C)C)nn1-c1cc(Cl)cc(Cl)c1)CO2. The van der Waals surface area contributed by atoms with Crippen LogP contribution in [0.5, 0.6) is 11.5 Å². The van der Waals surface area contributed by atoms with Gasteiger partial charge in [-0.1, -0.05) is 23.2 Å². The first-order valence-corrected chi connectivity index (χ1v) is 12.7. The van der Waals surface area contributed by atoms with E-state index in [1.807, 2.05) is 39.0 Å². The van der Waals surface area contributed by atoms with E-state index in [0.717, 1.165) is 16.7 Å². The number of carbonyl (C=O) groups excluding carboxylic acids is 1. The van der Waals surface area contributed by atoms with Crippen LogP contribution in [0.2, 0.25) is 10.0 Å². The number of fused-ring (bicyclic) bond motifs is 3. The fraction of sp³-hybridized carbons (Fsp3) is 0.250. The molecule has 196 valence electrons. The molecule has 4 aromatic rings. The first-order chi connectivity index (χ1) is 18.0. The molecule has 38 heavy (non-hydrogen) atoms. The Balaban J connectivity index is 1.80. The molecule has 2 N–H and O–H groups in total. The Morgan fingerprint density at radius 2 is 1.79 bits per heavy atom. The third kappa shape index (κ3) is 4.54. The summed E-state index contributed by atoms with van der Waals surface area (Å²) in [5.74, 6) is 0.967. The summed E-state index contributed by atoms with van der Waals surface area (Å²) in [6.07, 6.45) is 3.30. The van der Waals surface area contributed by atoms with Crippen molar-refractivity contribution in [3.05, 3.63) is 70.1 Å². The summed E-state index contributed by atoms with van der Waals surface area (Å²) in [7, 11) is 3.36. The summed E-state index contributed by atoms with van der Waals surface area (Å²) in [4.78, 5) is 19.6. The van der Waals surface area contributed by atoms with Gasteiger partial charge in [-0.15, -0.1) is 0 Å². The van der Waals surface area contributed by atoms with Crippen molar-refractivity contribution in [1.82, 2.24) is 19.7 Å². The number of benzene rings is 2. The predicted molar refractivity (Wildman–Crippen MR) is 149 cm³/mol. The molecule has 0 unspecified atom stereocenters. The van der Waals surface area contributed by atoms with E-state index in [1.165, 1.54) is 0 Å². The molecule has 0 spiro atoms. The summed E-state index contributed by atoms with van der Waals surface area (Å²) in [5, 5.41) is 5.70. The number of amides is 1. The lowest BCUT2D eigenvalue weighted by molar-refractivity contribution is 0.0646. The third-order valence-corrected chi connectivity index (χ3v) is 7.02. The Morgan fingerprint density at radius 3 is 2.42 bits per heavy atom. The molecule has 0 saturated heterocycles. The lowest BCUT2D eigenvalue weighted by Gasteiger charge is -2.31.